The van der Waals surface area contributed by atoms with Crippen LogP contribution >= 0.6 is 11.6 Å². The quantitative estimate of drug-likeness (QED) is 0.909. The Hall–Kier alpha value is -1.73. The van der Waals surface area contributed by atoms with E-state index in [0.29, 0.717) is 28.8 Å². The summed E-state index contributed by atoms with van der Waals surface area (Å²) in [6.07, 6.45) is 0.588. The Kier molecular flexibility index (Phi) is 4.74. The van der Waals surface area contributed by atoms with Gasteiger partial charge in [0.05, 0.1) is 10.6 Å². The smallest absolute Gasteiger partial charge is 0.231 e. The number of aromatic nitrogens is 3. The van der Waals surface area contributed by atoms with E-state index in [1.54, 1.807) is 31.2 Å². The first-order chi connectivity index (χ1) is 9.90. The summed E-state index contributed by atoms with van der Waals surface area (Å²) in [6, 6.07) is 6.44. The molecule has 8 heteroatoms. The molecule has 0 aliphatic heterocycles. The summed E-state index contributed by atoms with van der Waals surface area (Å²) in [5.41, 5.74) is 0.673. The lowest BCUT2D eigenvalue weighted by Gasteiger charge is -2.07. The summed E-state index contributed by atoms with van der Waals surface area (Å²) < 4.78 is 23.8. The predicted octanol–water partition coefficient (Wildman–Crippen LogP) is 2.76. The van der Waals surface area contributed by atoms with Crippen LogP contribution in [0.2, 0.25) is 5.28 Å². The number of anilines is 2. The molecule has 0 fully saturated rings. The van der Waals surface area contributed by atoms with Gasteiger partial charge < -0.3 is 5.32 Å². The molecule has 0 saturated heterocycles. The number of sulfone groups is 1. The molecule has 0 bridgehead atoms. The molecular weight excluding hydrogens is 312 g/mol. The Morgan fingerprint density at radius 2 is 1.81 bits per heavy atom. The average Bonchev–Trinajstić information content (AvgIpc) is 2.38. The van der Waals surface area contributed by atoms with Gasteiger partial charge in [0, 0.05) is 5.69 Å². The Labute approximate surface area is 128 Å². The van der Waals surface area contributed by atoms with Crippen LogP contribution in [0, 0.1) is 6.92 Å². The number of aryl methyl sites for hydroxylation is 1. The number of halogens is 1. The second-order valence-electron chi connectivity index (χ2n) is 4.44. The molecule has 0 amide bonds. The molecule has 0 spiro atoms. The third-order valence-electron chi connectivity index (χ3n) is 2.66. The van der Waals surface area contributed by atoms with Crippen molar-refractivity contribution in [3.05, 3.63) is 35.4 Å². The maximum Gasteiger partial charge on any atom is 0.231 e. The Morgan fingerprint density at radius 1 is 1.14 bits per heavy atom. The van der Waals surface area contributed by atoms with Crippen molar-refractivity contribution in [3.8, 4) is 0 Å². The van der Waals surface area contributed by atoms with Crippen molar-refractivity contribution in [3.63, 3.8) is 0 Å². The number of nitrogens with one attached hydrogen (secondary N) is 1. The van der Waals surface area contributed by atoms with Crippen LogP contribution in [-0.2, 0) is 9.84 Å². The van der Waals surface area contributed by atoms with Gasteiger partial charge in [-0.3, -0.25) is 0 Å². The molecule has 0 unspecified atom stereocenters. The van der Waals surface area contributed by atoms with E-state index < -0.39 is 9.84 Å². The lowest BCUT2D eigenvalue weighted by atomic mass is 10.3. The first-order valence-corrected chi connectivity index (χ1v) is 8.42. The van der Waals surface area contributed by atoms with E-state index in [9.17, 15) is 8.42 Å². The summed E-state index contributed by atoms with van der Waals surface area (Å²) in [5, 5.41) is 3.06. The summed E-state index contributed by atoms with van der Waals surface area (Å²) in [7, 11) is -3.20. The first kappa shape index (κ1) is 15.7. The predicted molar refractivity (Wildman–Crippen MR) is 81.6 cm³/mol. The number of nitrogens with zero attached hydrogens (tertiary/aromatic N) is 3. The third-order valence-corrected chi connectivity index (χ3v) is 4.77. The Morgan fingerprint density at radius 3 is 2.38 bits per heavy atom. The highest BCUT2D eigenvalue weighted by Crippen LogP contribution is 2.18. The highest BCUT2D eigenvalue weighted by molar-refractivity contribution is 7.91. The van der Waals surface area contributed by atoms with Crippen molar-refractivity contribution in [1.82, 2.24) is 15.0 Å². The highest BCUT2D eigenvalue weighted by Gasteiger charge is 2.12. The molecular formula is C13H15ClN4O2S. The van der Waals surface area contributed by atoms with Gasteiger partial charge in [-0.2, -0.15) is 9.97 Å². The molecule has 0 aliphatic carbocycles. The molecule has 0 radical (unpaired) electrons. The lowest BCUT2D eigenvalue weighted by Crippen LogP contribution is -2.06. The van der Waals surface area contributed by atoms with Crippen molar-refractivity contribution in [1.29, 1.82) is 0 Å². The van der Waals surface area contributed by atoms with Gasteiger partial charge in [0.1, 0.15) is 5.82 Å². The summed E-state index contributed by atoms with van der Waals surface area (Å²) >= 11 is 5.75. The van der Waals surface area contributed by atoms with Gasteiger partial charge in [-0.25, -0.2) is 13.4 Å². The molecule has 0 atom stereocenters. The van der Waals surface area contributed by atoms with E-state index in [1.165, 1.54) is 0 Å². The molecule has 6 nitrogen and oxygen atoms in total. The van der Waals surface area contributed by atoms with Crippen LogP contribution in [-0.4, -0.2) is 29.1 Å². The fourth-order valence-corrected chi connectivity index (χ4v) is 3.29. The van der Waals surface area contributed by atoms with Crippen LogP contribution in [0.5, 0.6) is 0 Å². The van der Waals surface area contributed by atoms with Gasteiger partial charge in [0.2, 0.25) is 11.2 Å². The average molecular weight is 327 g/mol. The van der Waals surface area contributed by atoms with Gasteiger partial charge in [-0.15, -0.1) is 0 Å². The highest BCUT2D eigenvalue weighted by atomic mass is 35.5. The minimum absolute atomic E-state index is 0.104. The third kappa shape index (κ3) is 4.12. The molecule has 0 aliphatic rings. The van der Waals surface area contributed by atoms with E-state index in [-0.39, 0.29) is 11.0 Å². The normalized spacial score (nSPS) is 11.4. The van der Waals surface area contributed by atoms with Crippen molar-refractivity contribution >= 4 is 33.1 Å². The summed E-state index contributed by atoms with van der Waals surface area (Å²) in [5.74, 6) is 0.957. The molecule has 1 aromatic heterocycles. The largest absolute Gasteiger partial charge is 0.324 e. The van der Waals surface area contributed by atoms with Crippen molar-refractivity contribution in [2.75, 3.05) is 11.1 Å². The Bertz CT molecular complexity index is 712. The molecule has 2 rings (SSSR count). The zero-order chi connectivity index (χ0) is 15.5. The molecule has 2 aromatic rings. The van der Waals surface area contributed by atoms with Crippen molar-refractivity contribution < 1.29 is 8.42 Å². The number of hydrogen-bond acceptors (Lipinski definition) is 6. The second kappa shape index (κ2) is 6.36. The minimum Gasteiger partial charge on any atom is -0.324 e. The lowest BCUT2D eigenvalue weighted by molar-refractivity contribution is 0.595. The maximum atomic E-state index is 11.9. The van der Waals surface area contributed by atoms with Gasteiger partial charge in [0.15, 0.2) is 9.84 Å². The molecule has 1 N–H and O–H groups in total. The van der Waals surface area contributed by atoms with Crippen LogP contribution in [0.25, 0.3) is 0 Å². The first-order valence-electron chi connectivity index (χ1n) is 6.39. The fraction of sp³-hybridized carbons (Fsp3) is 0.308. The van der Waals surface area contributed by atoms with Gasteiger partial charge in [-0.1, -0.05) is 6.92 Å². The summed E-state index contributed by atoms with van der Waals surface area (Å²) in [4.78, 5) is 12.2. The zero-order valence-corrected chi connectivity index (χ0v) is 13.2. The van der Waals surface area contributed by atoms with E-state index >= 15 is 0 Å². The van der Waals surface area contributed by atoms with Gasteiger partial charge in [-0.05, 0) is 49.2 Å². The Balaban J connectivity index is 2.20. The molecule has 1 heterocycles. The van der Waals surface area contributed by atoms with E-state index in [1.807, 2.05) is 6.92 Å². The van der Waals surface area contributed by atoms with Crippen molar-refractivity contribution in [2.24, 2.45) is 0 Å². The fourth-order valence-electron chi connectivity index (χ4n) is 1.77. The monoisotopic (exact) mass is 326 g/mol. The van der Waals surface area contributed by atoms with Crippen LogP contribution in [0.1, 0.15) is 19.2 Å². The topological polar surface area (TPSA) is 84.8 Å². The second-order valence-corrected chi connectivity index (χ2v) is 6.89. The summed E-state index contributed by atoms with van der Waals surface area (Å²) in [6.45, 7) is 3.54. The van der Waals surface area contributed by atoms with Crippen LogP contribution in [0.4, 0.5) is 11.6 Å². The van der Waals surface area contributed by atoms with E-state index in [0.717, 1.165) is 0 Å². The van der Waals surface area contributed by atoms with Crippen molar-refractivity contribution in [2.45, 2.75) is 25.2 Å². The van der Waals surface area contributed by atoms with Crippen LogP contribution < -0.4 is 5.32 Å². The van der Waals surface area contributed by atoms with Gasteiger partial charge in [0.25, 0.3) is 0 Å². The van der Waals surface area contributed by atoms with Crippen LogP contribution in [0.3, 0.4) is 0 Å². The number of benzene rings is 1. The molecule has 1 aromatic carbocycles. The molecule has 112 valence electrons. The maximum absolute atomic E-state index is 11.9. The zero-order valence-electron chi connectivity index (χ0n) is 11.7. The van der Waals surface area contributed by atoms with Crippen LogP contribution in [0.15, 0.2) is 29.2 Å². The van der Waals surface area contributed by atoms with E-state index in [4.69, 9.17) is 11.6 Å². The molecule has 21 heavy (non-hydrogen) atoms. The number of hydrogen-bond donors (Lipinski definition) is 1. The molecule has 0 saturated carbocycles. The SMILES string of the molecule is CCCS(=O)(=O)c1ccc(Nc2nc(C)nc(Cl)n2)cc1. The standard InChI is InChI=1S/C13H15ClN4O2S/c1-3-8-21(19,20)11-6-4-10(5-7-11)17-13-16-9(2)15-12(14)18-13/h4-7H,3,8H2,1-2H3,(H,15,16,17,18). The minimum atomic E-state index is -3.20. The number of rotatable bonds is 5. The van der Waals surface area contributed by atoms with E-state index in [2.05, 4.69) is 20.3 Å². The van der Waals surface area contributed by atoms with Gasteiger partial charge >= 0.3 is 0 Å².